The Hall–Kier alpha value is -3.03. The fraction of sp³-hybridized carbons (Fsp3) is 0.400. The molecular weight excluding hydrogens is 523 g/mol. The van der Waals surface area contributed by atoms with E-state index in [-0.39, 0.29) is 29.9 Å². The zero-order chi connectivity index (χ0) is 21.5. The van der Waals surface area contributed by atoms with E-state index in [0.29, 0.717) is 44.5 Å². The number of amides is 1. The average molecular weight is 550 g/mol. The second-order valence-corrected chi connectivity index (χ2v) is 7.06. The molecule has 0 atom stereocenters. The van der Waals surface area contributed by atoms with Gasteiger partial charge in [0.25, 0.3) is 0 Å². The summed E-state index contributed by atoms with van der Waals surface area (Å²) < 4.78 is 1.92. The maximum absolute atomic E-state index is 12.6. The molecule has 32 heavy (non-hydrogen) atoms. The first-order chi connectivity index (χ1) is 15.2. The summed E-state index contributed by atoms with van der Waals surface area (Å²) in [5.41, 5.74) is 0.798. The van der Waals surface area contributed by atoms with E-state index in [9.17, 15) is 4.79 Å². The summed E-state index contributed by atoms with van der Waals surface area (Å²) in [6, 6.07) is 7.56. The first-order valence-electron chi connectivity index (χ1n) is 10.3. The van der Waals surface area contributed by atoms with E-state index in [1.54, 1.807) is 25.5 Å². The monoisotopic (exact) mass is 550 g/mol. The quantitative estimate of drug-likeness (QED) is 0.260. The first kappa shape index (κ1) is 23.6. The van der Waals surface area contributed by atoms with Crippen LogP contribution >= 0.6 is 24.0 Å². The van der Waals surface area contributed by atoms with Gasteiger partial charge in [-0.3, -0.25) is 14.2 Å². The van der Waals surface area contributed by atoms with Crippen LogP contribution in [0.25, 0.3) is 5.65 Å². The smallest absolute Gasteiger partial charge is 0.225 e. The van der Waals surface area contributed by atoms with Gasteiger partial charge in [0, 0.05) is 64.8 Å². The highest BCUT2D eigenvalue weighted by Crippen LogP contribution is 2.10. The van der Waals surface area contributed by atoms with Gasteiger partial charge in [-0.05, 0) is 18.2 Å². The lowest BCUT2D eigenvalue weighted by Gasteiger charge is -2.34. The van der Waals surface area contributed by atoms with Gasteiger partial charge in [-0.2, -0.15) is 0 Å². The van der Waals surface area contributed by atoms with Crippen molar-refractivity contribution in [2.75, 3.05) is 44.7 Å². The van der Waals surface area contributed by atoms with Crippen LogP contribution in [-0.4, -0.2) is 81.1 Å². The molecule has 2 N–H and O–H groups in total. The van der Waals surface area contributed by atoms with Crippen molar-refractivity contribution >= 4 is 47.4 Å². The van der Waals surface area contributed by atoms with Crippen LogP contribution in [0.15, 0.2) is 47.8 Å². The summed E-state index contributed by atoms with van der Waals surface area (Å²) in [6.07, 6.45) is 5.79. The number of hydrogen-bond acceptors (Lipinski definition) is 7. The van der Waals surface area contributed by atoms with Crippen LogP contribution in [0.4, 0.5) is 5.95 Å². The van der Waals surface area contributed by atoms with Crippen LogP contribution in [0.2, 0.25) is 0 Å². The molecule has 4 heterocycles. The lowest BCUT2D eigenvalue weighted by molar-refractivity contribution is -0.131. The first-order valence-corrected chi connectivity index (χ1v) is 10.3. The van der Waals surface area contributed by atoms with Gasteiger partial charge in [-0.1, -0.05) is 6.07 Å². The minimum atomic E-state index is 0. The molecule has 11 nitrogen and oxygen atoms in total. The van der Waals surface area contributed by atoms with Crippen molar-refractivity contribution in [2.45, 2.75) is 13.0 Å². The highest BCUT2D eigenvalue weighted by Gasteiger charge is 2.22. The van der Waals surface area contributed by atoms with Gasteiger partial charge in [0.05, 0.1) is 6.54 Å². The van der Waals surface area contributed by atoms with Gasteiger partial charge >= 0.3 is 0 Å². The number of anilines is 1. The largest absolute Gasteiger partial charge is 0.356 e. The molecule has 12 heteroatoms. The van der Waals surface area contributed by atoms with E-state index in [0.717, 1.165) is 24.6 Å². The number of nitrogens with zero attached hydrogens (tertiary/aromatic N) is 8. The Kier molecular flexibility index (Phi) is 8.53. The summed E-state index contributed by atoms with van der Waals surface area (Å²) in [6.45, 7) is 3.79. The second-order valence-electron chi connectivity index (χ2n) is 7.06. The molecule has 0 aliphatic carbocycles. The number of guanidine groups is 1. The molecule has 170 valence electrons. The number of carbonyl (C=O) groups is 1. The number of piperazine rings is 1. The van der Waals surface area contributed by atoms with Crippen LogP contribution in [0, 0.1) is 0 Å². The molecule has 3 aromatic rings. The lowest BCUT2D eigenvalue weighted by atomic mass is 10.3. The molecule has 0 unspecified atom stereocenters. The van der Waals surface area contributed by atoms with Gasteiger partial charge in [0.15, 0.2) is 17.4 Å². The molecule has 1 aliphatic rings. The van der Waals surface area contributed by atoms with Crippen LogP contribution in [0.1, 0.15) is 12.2 Å². The molecule has 0 bridgehead atoms. The summed E-state index contributed by atoms with van der Waals surface area (Å²) in [5.74, 6) is 2.24. The van der Waals surface area contributed by atoms with E-state index >= 15 is 0 Å². The number of nitrogens with one attached hydrogen (secondary N) is 2. The Balaban J connectivity index is 0.00000289. The Morgan fingerprint density at radius 3 is 2.59 bits per heavy atom. The maximum atomic E-state index is 12.6. The number of carbonyl (C=O) groups excluding carboxylic acids is 1. The summed E-state index contributed by atoms with van der Waals surface area (Å²) >= 11 is 0. The standard InChI is InChI=1S/C20H26N10O.HI/c1-21-19(25-15-17-27-26-16-5-2-3-10-30(16)17)22-9-6-18(31)28-11-13-29(14-12-28)20-23-7-4-8-24-20;/h2-5,7-8,10H,6,9,11-15H2,1H3,(H2,21,22,25);1H. The molecule has 3 aromatic heterocycles. The van der Waals surface area contributed by atoms with Gasteiger partial charge in [-0.25, -0.2) is 9.97 Å². The van der Waals surface area contributed by atoms with Crippen molar-refractivity contribution in [3.05, 3.63) is 48.7 Å². The SMILES string of the molecule is CN=C(NCCC(=O)N1CCN(c2ncccn2)CC1)NCc1nnc2ccccn12.I. The Morgan fingerprint density at radius 2 is 1.84 bits per heavy atom. The van der Waals surface area contributed by atoms with Crippen molar-refractivity contribution in [2.24, 2.45) is 4.99 Å². The molecule has 1 aliphatic heterocycles. The third-order valence-corrected chi connectivity index (χ3v) is 5.12. The maximum Gasteiger partial charge on any atom is 0.225 e. The third-order valence-electron chi connectivity index (χ3n) is 5.12. The van der Waals surface area contributed by atoms with Gasteiger partial charge < -0.3 is 20.4 Å². The number of pyridine rings is 1. The predicted molar refractivity (Wildman–Crippen MR) is 132 cm³/mol. The van der Waals surface area contributed by atoms with Gasteiger partial charge in [-0.15, -0.1) is 34.2 Å². The fourth-order valence-electron chi connectivity index (χ4n) is 3.45. The highest BCUT2D eigenvalue weighted by atomic mass is 127. The molecule has 0 aromatic carbocycles. The molecule has 0 saturated carbocycles. The molecule has 1 fully saturated rings. The van der Waals surface area contributed by atoms with E-state index in [2.05, 4.69) is 40.7 Å². The summed E-state index contributed by atoms with van der Waals surface area (Å²) in [5, 5.41) is 14.7. The summed E-state index contributed by atoms with van der Waals surface area (Å²) in [7, 11) is 1.70. The number of aromatic nitrogens is 5. The fourth-order valence-corrected chi connectivity index (χ4v) is 3.45. The molecule has 1 saturated heterocycles. The van der Waals surface area contributed by atoms with Crippen LogP contribution < -0.4 is 15.5 Å². The van der Waals surface area contributed by atoms with Crippen LogP contribution in [-0.2, 0) is 11.3 Å². The van der Waals surface area contributed by atoms with E-state index < -0.39 is 0 Å². The van der Waals surface area contributed by atoms with E-state index in [4.69, 9.17) is 0 Å². The number of rotatable bonds is 6. The van der Waals surface area contributed by atoms with Crippen LogP contribution in [0.3, 0.4) is 0 Å². The van der Waals surface area contributed by atoms with Gasteiger partial charge in [0.1, 0.15) is 0 Å². The highest BCUT2D eigenvalue weighted by molar-refractivity contribution is 14.0. The molecule has 4 rings (SSSR count). The van der Waals surface area contributed by atoms with Crippen molar-refractivity contribution in [1.29, 1.82) is 0 Å². The minimum Gasteiger partial charge on any atom is -0.356 e. The normalized spacial score (nSPS) is 14.2. The Labute approximate surface area is 203 Å². The van der Waals surface area contributed by atoms with Crippen LogP contribution in [0.5, 0.6) is 0 Å². The van der Waals surface area contributed by atoms with E-state index in [1.807, 2.05) is 33.7 Å². The Bertz CT molecular complexity index is 1030. The van der Waals surface area contributed by atoms with E-state index in [1.165, 1.54) is 0 Å². The van der Waals surface area contributed by atoms with Gasteiger partial charge in [0.2, 0.25) is 11.9 Å². The Morgan fingerprint density at radius 1 is 1.06 bits per heavy atom. The van der Waals surface area contributed by atoms with Crippen molar-refractivity contribution < 1.29 is 4.79 Å². The minimum absolute atomic E-state index is 0. The number of fused-ring (bicyclic) bond motifs is 1. The molecule has 0 radical (unpaired) electrons. The third kappa shape index (κ3) is 5.81. The van der Waals surface area contributed by atoms with Crippen molar-refractivity contribution in [3.8, 4) is 0 Å². The number of halogens is 1. The molecule has 0 spiro atoms. The van der Waals surface area contributed by atoms with Crippen molar-refractivity contribution in [1.82, 2.24) is 40.1 Å². The topological polar surface area (TPSA) is 116 Å². The lowest BCUT2D eigenvalue weighted by Crippen LogP contribution is -2.50. The zero-order valence-electron chi connectivity index (χ0n) is 17.9. The van der Waals surface area contributed by atoms with Crippen molar-refractivity contribution in [3.63, 3.8) is 0 Å². The molecule has 1 amide bonds. The molecular formula is C20H27IN10O. The average Bonchev–Trinajstić information content (AvgIpc) is 3.25. The number of hydrogen-bond donors (Lipinski definition) is 2. The predicted octanol–water partition coefficient (Wildman–Crippen LogP) is 0.541. The number of aliphatic imine (C=N–C) groups is 1. The second kappa shape index (κ2) is 11.5. The summed E-state index contributed by atoms with van der Waals surface area (Å²) in [4.78, 5) is 29.3. The zero-order valence-corrected chi connectivity index (χ0v) is 20.2.